The monoisotopic (exact) mass is 452 g/mol. The highest BCUT2D eigenvalue weighted by Crippen LogP contribution is 2.52. The summed E-state index contributed by atoms with van der Waals surface area (Å²) in [6, 6.07) is 30.7. The van der Waals surface area contributed by atoms with Crippen molar-refractivity contribution in [2.45, 2.75) is 56.5 Å². The number of ether oxygens (including phenoxy) is 1. The van der Waals surface area contributed by atoms with Gasteiger partial charge in [-0.2, -0.15) is 0 Å². The molecule has 5 rings (SSSR count). The number of carbonyl (C=O) groups is 1. The molecule has 1 N–H and O–H groups in total. The molecule has 2 atom stereocenters. The van der Waals surface area contributed by atoms with Gasteiger partial charge in [0, 0.05) is 5.92 Å². The number of hydrogen-bond donors (Lipinski definition) is 1. The van der Waals surface area contributed by atoms with Crippen LogP contribution in [0.1, 0.15) is 54.7 Å². The van der Waals surface area contributed by atoms with E-state index in [1.807, 2.05) is 54.6 Å². The Labute approximate surface area is 202 Å². The molecule has 1 aliphatic carbocycles. The third kappa shape index (κ3) is 4.79. The molecule has 3 nitrogen and oxygen atoms in total. The molecule has 3 aromatic carbocycles. The topological polar surface area (TPSA) is 46.5 Å². The molecule has 0 saturated heterocycles. The van der Waals surface area contributed by atoms with E-state index < -0.39 is 5.60 Å². The zero-order chi connectivity index (χ0) is 23.4. The van der Waals surface area contributed by atoms with Gasteiger partial charge in [0.1, 0.15) is 5.76 Å². The summed E-state index contributed by atoms with van der Waals surface area (Å²) in [7, 11) is 0. The van der Waals surface area contributed by atoms with Gasteiger partial charge in [0.25, 0.3) is 0 Å². The van der Waals surface area contributed by atoms with Crippen molar-refractivity contribution in [2.24, 2.45) is 5.92 Å². The van der Waals surface area contributed by atoms with Crippen LogP contribution in [0, 0.1) is 5.92 Å². The van der Waals surface area contributed by atoms with Gasteiger partial charge in [0.15, 0.2) is 5.60 Å². The summed E-state index contributed by atoms with van der Waals surface area (Å²) in [6.45, 7) is 0. The largest absolute Gasteiger partial charge is 0.507 e. The molecule has 0 bridgehead atoms. The normalized spacial score (nSPS) is 20.9. The van der Waals surface area contributed by atoms with Crippen LogP contribution in [0.4, 0.5) is 0 Å². The number of aliphatic hydroxyl groups is 1. The minimum absolute atomic E-state index is 0.0959. The standard InChI is InChI=1S/C31H32O3/c32-29-28(27(26-18-19-26)25-16-8-3-9-17-25)30(33)34-31(29,22-20-24-13-6-2-7-14-24)21-10-15-23-11-4-1-5-12-23/h1-9,11-14,16-17,26-27,32H,10,15,18-22H2. The van der Waals surface area contributed by atoms with Crippen LogP contribution in [0.2, 0.25) is 0 Å². The molecular weight excluding hydrogens is 420 g/mol. The fraction of sp³-hybridized carbons (Fsp3) is 0.323. The highest BCUT2D eigenvalue weighted by Gasteiger charge is 2.52. The van der Waals surface area contributed by atoms with E-state index in [0.29, 0.717) is 24.3 Å². The van der Waals surface area contributed by atoms with Crippen molar-refractivity contribution in [1.29, 1.82) is 0 Å². The van der Waals surface area contributed by atoms with Crippen molar-refractivity contribution in [3.8, 4) is 0 Å². The van der Waals surface area contributed by atoms with Crippen molar-refractivity contribution in [1.82, 2.24) is 0 Å². The zero-order valence-electron chi connectivity index (χ0n) is 19.5. The number of cyclic esters (lactones) is 1. The van der Waals surface area contributed by atoms with E-state index >= 15 is 0 Å². The highest BCUT2D eigenvalue weighted by atomic mass is 16.6. The molecule has 1 heterocycles. The van der Waals surface area contributed by atoms with E-state index in [9.17, 15) is 9.90 Å². The average molecular weight is 453 g/mol. The first-order chi connectivity index (χ1) is 16.7. The van der Waals surface area contributed by atoms with Crippen molar-refractivity contribution >= 4 is 5.97 Å². The van der Waals surface area contributed by atoms with Crippen molar-refractivity contribution in [3.05, 3.63) is 119 Å². The molecule has 1 saturated carbocycles. The Morgan fingerprint density at radius 3 is 1.94 bits per heavy atom. The molecule has 174 valence electrons. The zero-order valence-corrected chi connectivity index (χ0v) is 19.5. The number of carbonyl (C=O) groups excluding carboxylic acids is 1. The molecule has 3 heteroatoms. The number of rotatable bonds is 10. The minimum Gasteiger partial charge on any atom is -0.507 e. The Kier molecular flexibility index (Phi) is 6.53. The summed E-state index contributed by atoms with van der Waals surface area (Å²) >= 11 is 0. The second-order valence-corrected chi connectivity index (χ2v) is 9.70. The second kappa shape index (κ2) is 9.89. The SMILES string of the molecule is O=C1OC(CCCc2ccccc2)(CCc2ccccc2)C(O)=C1C(c1ccccc1)C1CC1. The summed E-state index contributed by atoms with van der Waals surface area (Å²) in [6.07, 6.45) is 5.82. The predicted molar refractivity (Wildman–Crippen MR) is 135 cm³/mol. The van der Waals surface area contributed by atoms with E-state index in [4.69, 9.17) is 4.74 Å². The molecule has 2 unspecified atom stereocenters. The Morgan fingerprint density at radius 1 is 0.794 bits per heavy atom. The smallest absolute Gasteiger partial charge is 0.339 e. The van der Waals surface area contributed by atoms with E-state index in [1.54, 1.807) is 0 Å². The number of hydrogen-bond acceptors (Lipinski definition) is 3. The minimum atomic E-state index is -0.959. The number of aliphatic hydroxyl groups excluding tert-OH is 1. The summed E-state index contributed by atoms with van der Waals surface area (Å²) in [5.74, 6) is 0.121. The van der Waals surface area contributed by atoms with Crippen LogP contribution in [0.3, 0.4) is 0 Å². The quantitative estimate of drug-likeness (QED) is 0.339. The lowest BCUT2D eigenvalue weighted by atomic mass is 9.81. The van der Waals surface area contributed by atoms with E-state index in [1.165, 1.54) is 11.1 Å². The third-order valence-corrected chi connectivity index (χ3v) is 7.31. The van der Waals surface area contributed by atoms with Gasteiger partial charge in [-0.1, -0.05) is 91.0 Å². The molecule has 0 aromatic heterocycles. The van der Waals surface area contributed by atoms with Crippen molar-refractivity contribution < 1.29 is 14.6 Å². The summed E-state index contributed by atoms with van der Waals surface area (Å²) in [5, 5.41) is 11.7. The van der Waals surface area contributed by atoms with E-state index in [2.05, 4.69) is 36.4 Å². The van der Waals surface area contributed by atoms with Gasteiger partial charge in [-0.25, -0.2) is 4.79 Å². The molecule has 0 amide bonds. The van der Waals surface area contributed by atoms with Crippen LogP contribution in [-0.4, -0.2) is 16.7 Å². The molecule has 2 aliphatic rings. The van der Waals surface area contributed by atoms with Crippen LogP contribution in [0.15, 0.2) is 102 Å². The van der Waals surface area contributed by atoms with E-state index in [0.717, 1.165) is 37.7 Å². The molecule has 1 aliphatic heterocycles. The van der Waals surface area contributed by atoms with Crippen LogP contribution >= 0.6 is 0 Å². The van der Waals surface area contributed by atoms with Gasteiger partial charge in [0.2, 0.25) is 0 Å². The van der Waals surface area contributed by atoms with Gasteiger partial charge in [-0.05, 0) is 67.6 Å². The number of benzene rings is 3. The maximum absolute atomic E-state index is 13.4. The summed E-state index contributed by atoms with van der Waals surface area (Å²) < 4.78 is 6.15. The number of esters is 1. The van der Waals surface area contributed by atoms with Crippen LogP contribution in [0.5, 0.6) is 0 Å². The van der Waals surface area contributed by atoms with Gasteiger partial charge in [-0.3, -0.25) is 0 Å². The third-order valence-electron chi connectivity index (χ3n) is 7.31. The lowest BCUT2D eigenvalue weighted by Gasteiger charge is -2.28. The fourth-order valence-corrected chi connectivity index (χ4v) is 5.34. The van der Waals surface area contributed by atoms with E-state index in [-0.39, 0.29) is 17.6 Å². The maximum Gasteiger partial charge on any atom is 0.339 e. The Morgan fingerprint density at radius 2 is 1.35 bits per heavy atom. The van der Waals surface area contributed by atoms with Gasteiger partial charge < -0.3 is 9.84 Å². The highest BCUT2D eigenvalue weighted by molar-refractivity contribution is 5.94. The first-order valence-electron chi connectivity index (χ1n) is 12.5. The molecule has 34 heavy (non-hydrogen) atoms. The maximum atomic E-state index is 13.4. The predicted octanol–water partition coefficient (Wildman–Crippen LogP) is 6.94. The van der Waals surface area contributed by atoms with Gasteiger partial charge >= 0.3 is 5.97 Å². The van der Waals surface area contributed by atoms with Gasteiger partial charge in [-0.15, -0.1) is 0 Å². The second-order valence-electron chi connectivity index (χ2n) is 9.70. The Hall–Kier alpha value is -3.33. The van der Waals surface area contributed by atoms with Gasteiger partial charge in [0.05, 0.1) is 5.57 Å². The van der Waals surface area contributed by atoms with Crippen LogP contribution in [0.25, 0.3) is 0 Å². The van der Waals surface area contributed by atoms with Crippen molar-refractivity contribution in [2.75, 3.05) is 0 Å². The Balaban J connectivity index is 1.45. The van der Waals surface area contributed by atoms with Crippen LogP contribution in [-0.2, 0) is 22.4 Å². The summed E-state index contributed by atoms with van der Waals surface area (Å²) in [5.41, 5.74) is 3.06. The number of aryl methyl sites for hydroxylation is 2. The van der Waals surface area contributed by atoms with Crippen LogP contribution < -0.4 is 0 Å². The molecular formula is C31H32O3. The molecule has 1 fully saturated rings. The lowest BCUT2D eigenvalue weighted by molar-refractivity contribution is -0.149. The lowest BCUT2D eigenvalue weighted by Crippen LogP contribution is -2.33. The first-order valence-corrected chi connectivity index (χ1v) is 12.5. The fourth-order valence-electron chi connectivity index (χ4n) is 5.34. The Bertz CT molecular complexity index is 1130. The first kappa shape index (κ1) is 22.5. The summed E-state index contributed by atoms with van der Waals surface area (Å²) in [4.78, 5) is 13.4. The molecule has 0 radical (unpaired) electrons. The molecule has 0 spiro atoms. The average Bonchev–Trinajstić information content (AvgIpc) is 3.68. The molecule has 3 aromatic rings. The van der Waals surface area contributed by atoms with Crippen molar-refractivity contribution in [3.63, 3.8) is 0 Å².